The van der Waals surface area contributed by atoms with E-state index in [1.807, 2.05) is 30.6 Å². The number of imidazole rings is 1. The molecule has 4 heteroatoms. The standard InChI is InChI=1S/C27H21BrN2O/c28-24-16-20(18-31)26-25(17-24)30(19-29-26)27(21-10-4-1-5-11-21,22-12-6-2-7-13-22)23-14-8-3-9-15-23/h1-17,19,31H,18H2. The Morgan fingerprint density at radius 1 is 0.742 bits per heavy atom. The Morgan fingerprint density at radius 3 is 1.68 bits per heavy atom. The molecule has 1 N–H and O–H groups in total. The molecule has 4 aromatic carbocycles. The van der Waals surface area contributed by atoms with Crippen molar-refractivity contribution in [1.29, 1.82) is 0 Å². The van der Waals surface area contributed by atoms with Crippen LogP contribution in [0.3, 0.4) is 0 Å². The minimum atomic E-state index is -0.633. The molecule has 0 radical (unpaired) electrons. The van der Waals surface area contributed by atoms with Crippen molar-refractivity contribution < 1.29 is 5.11 Å². The van der Waals surface area contributed by atoms with Crippen molar-refractivity contribution in [2.45, 2.75) is 12.1 Å². The minimum absolute atomic E-state index is 0.0675. The quantitative estimate of drug-likeness (QED) is 0.315. The molecule has 0 bridgehead atoms. The summed E-state index contributed by atoms with van der Waals surface area (Å²) >= 11 is 3.63. The molecule has 0 fully saturated rings. The van der Waals surface area contributed by atoms with Crippen LogP contribution in [-0.4, -0.2) is 14.7 Å². The van der Waals surface area contributed by atoms with Crippen LogP contribution >= 0.6 is 15.9 Å². The molecule has 152 valence electrons. The van der Waals surface area contributed by atoms with E-state index >= 15 is 0 Å². The lowest BCUT2D eigenvalue weighted by Gasteiger charge is -2.38. The van der Waals surface area contributed by atoms with E-state index in [0.29, 0.717) is 0 Å². The second kappa shape index (κ2) is 8.14. The number of fused-ring (bicyclic) bond motifs is 1. The van der Waals surface area contributed by atoms with Crippen LogP contribution in [0.5, 0.6) is 0 Å². The first-order chi connectivity index (χ1) is 15.2. The summed E-state index contributed by atoms with van der Waals surface area (Å²) in [5.74, 6) is 0. The van der Waals surface area contributed by atoms with Crippen LogP contribution in [-0.2, 0) is 12.1 Å². The molecular weight excluding hydrogens is 448 g/mol. The van der Waals surface area contributed by atoms with E-state index < -0.39 is 5.54 Å². The van der Waals surface area contributed by atoms with Crippen molar-refractivity contribution >= 4 is 27.0 Å². The number of hydrogen-bond donors (Lipinski definition) is 1. The van der Waals surface area contributed by atoms with Crippen LogP contribution in [0.25, 0.3) is 11.0 Å². The summed E-state index contributed by atoms with van der Waals surface area (Å²) in [6, 6.07) is 35.5. The van der Waals surface area contributed by atoms with E-state index in [1.165, 1.54) is 0 Å². The highest BCUT2D eigenvalue weighted by molar-refractivity contribution is 9.10. The van der Waals surface area contributed by atoms with Gasteiger partial charge < -0.3 is 9.67 Å². The molecule has 0 aliphatic rings. The summed E-state index contributed by atoms with van der Waals surface area (Å²) in [7, 11) is 0. The average molecular weight is 469 g/mol. The third kappa shape index (κ3) is 3.19. The third-order valence-electron chi connectivity index (χ3n) is 5.80. The molecule has 0 atom stereocenters. The van der Waals surface area contributed by atoms with Crippen molar-refractivity contribution in [3.8, 4) is 0 Å². The zero-order valence-corrected chi connectivity index (χ0v) is 18.4. The highest BCUT2D eigenvalue weighted by atomic mass is 79.9. The fraction of sp³-hybridized carbons (Fsp3) is 0.0741. The number of hydrogen-bond acceptors (Lipinski definition) is 2. The first kappa shape index (κ1) is 19.7. The predicted molar refractivity (Wildman–Crippen MR) is 128 cm³/mol. The summed E-state index contributed by atoms with van der Waals surface area (Å²) in [4.78, 5) is 4.76. The number of benzene rings is 4. The van der Waals surface area contributed by atoms with Crippen LogP contribution in [0.1, 0.15) is 22.3 Å². The molecule has 0 amide bonds. The van der Waals surface area contributed by atoms with E-state index in [1.54, 1.807) is 0 Å². The van der Waals surface area contributed by atoms with Gasteiger partial charge in [0.1, 0.15) is 5.54 Å². The first-order valence-electron chi connectivity index (χ1n) is 10.2. The molecule has 1 heterocycles. The molecular formula is C27H21BrN2O. The topological polar surface area (TPSA) is 38.1 Å². The lowest BCUT2D eigenvalue weighted by molar-refractivity contribution is 0.283. The zero-order valence-electron chi connectivity index (χ0n) is 16.8. The molecule has 0 spiro atoms. The van der Waals surface area contributed by atoms with Gasteiger partial charge in [-0.3, -0.25) is 0 Å². The van der Waals surface area contributed by atoms with Gasteiger partial charge in [-0.2, -0.15) is 0 Å². The third-order valence-corrected chi connectivity index (χ3v) is 6.26. The molecule has 1 aromatic heterocycles. The molecule has 31 heavy (non-hydrogen) atoms. The van der Waals surface area contributed by atoms with Gasteiger partial charge in [-0.15, -0.1) is 0 Å². The van der Waals surface area contributed by atoms with Crippen molar-refractivity contribution in [2.24, 2.45) is 0 Å². The van der Waals surface area contributed by atoms with Gasteiger partial charge in [-0.1, -0.05) is 107 Å². The van der Waals surface area contributed by atoms with Gasteiger partial charge >= 0.3 is 0 Å². The smallest absolute Gasteiger partial charge is 0.122 e. The Hall–Kier alpha value is -3.21. The van der Waals surface area contributed by atoms with Gasteiger partial charge in [-0.05, 0) is 28.8 Å². The Bertz CT molecular complexity index is 1220. The summed E-state index contributed by atoms with van der Waals surface area (Å²) in [5, 5.41) is 9.95. The monoisotopic (exact) mass is 468 g/mol. The lowest BCUT2D eigenvalue weighted by atomic mass is 9.76. The van der Waals surface area contributed by atoms with Crippen LogP contribution in [0.15, 0.2) is 114 Å². The maximum atomic E-state index is 9.95. The Kier molecular flexibility index (Phi) is 5.18. The normalized spacial score (nSPS) is 11.7. The number of aliphatic hydroxyl groups is 1. The fourth-order valence-corrected chi connectivity index (χ4v) is 4.99. The van der Waals surface area contributed by atoms with Crippen molar-refractivity contribution in [3.63, 3.8) is 0 Å². The number of aromatic nitrogens is 2. The summed E-state index contributed by atoms with van der Waals surface area (Å²) in [5.41, 5.74) is 5.33. The molecule has 5 rings (SSSR count). The fourth-order valence-electron chi connectivity index (χ4n) is 4.49. The zero-order chi connectivity index (χ0) is 21.3. The van der Waals surface area contributed by atoms with Gasteiger partial charge in [0.15, 0.2) is 0 Å². The Labute approximate surface area is 189 Å². The van der Waals surface area contributed by atoms with Gasteiger partial charge in [-0.25, -0.2) is 4.98 Å². The van der Waals surface area contributed by atoms with E-state index in [4.69, 9.17) is 4.98 Å². The second-order valence-corrected chi connectivity index (χ2v) is 8.43. The van der Waals surface area contributed by atoms with Gasteiger partial charge in [0.05, 0.1) is 24.0 Å². The Morgan fingerprint density at radius 2 is 1.23 bits per heavy atom. The van der Waals surface area contributed by atoms with Crippen LogP contribution in [0, 0.1) is 0 Å². The molecule has 0 saturated carbocycles. The molecule has 0 unspecified atom stereocenters. The van der Waals surface area contributed by atoms with Crippen molar-refractivity contribution in [1.82, 2.24) is 9.55 Å². The maximum absolute atomic E-state index is 9.95. The summed E-state index contributed by atoms with van der Waals surface area (Å²) in [6.07, 6.45) is 1.89. The first-order valence-corrected chi connectivity index (χ1v) is 11.0. The van der Waals surface area contributed by atoms with Crippen LogP contribution in [0.2, 0.25) is 0 Å². The van der Waals surface area contributed by atoms with Crippen molar-refractivity contribution in [2.75, 3.05) is 0 Å². The van der Waals surface area contributed by atoms with E-state index in [2.05, 4.69) is 99.4 Å². The van der Waals surface area contributed by atoms with E-state index in [0.717, 1.165) is 37.8 Å². The molecule has 0 aliphatic carbocycles. The van der Waals surface area contributed by atoms with Crippen LogP contribution in [0.4, 0.5) is 0 Å². The summed E-state index contributed by atoms with van der Waals surface area (Å²) in [6.45, 7) is -0.0675. The highest BCUT2D eigenvalue weighted by Crippen LogP contribution is 2.43. The SMILES string of the molecule is OCc1cc(Br)cc2c1ncn2C(c1ccccc1)(c1ccccc1)c1ccccc1. The minimum Gasteiger partial charge on any atom is -0.392 e. The molecule has 0 saturated heterocycles. The number of halogens is 1. The second-order valence-electron chi connectivity index (χ2n) is 7.51. The average Bonchev–Trinajstić information content (AvgIpc) is 3.25. The number of rotatable bonds is 5. The number of aliphatic hydroxyl groups excluding tert-OH is 1. The van der Waals surface area contributed by atoms with E-state index in [-0.39, 0.29) is 6.61 Å². The van der Waals surface area contributed by atoms with Gasteiger partial charge in [0.2, 0.25) is 0 Å². The Balaban J connectivity index is 1.97. The van der Waals surface area contributed by atoms with Crippen molar-refractivity contribution in [3.05, 3.63) is 136 Å². The van der Waals surface area contributed by atoms with Crippen LogP contribution < -0.4 is 0 Å². The predicted octanol–water partition coefficient (Wildman–Crippen LogP) is 6.13. The molecule has 3 nitrogen and oxygen atoms in total. The van der Waals surface area contributed by atoms with Gasteiger partial charge in [0.25, 0.3) is 0 Å². The lowest BCUT2D eigenvalue weighted by Crippen LogP contribution is -2.37. The number of nitrogens with zero attached hydrogens (tertiary/aromatic N) is 2. The molecule has 0 aliphatic heterocycles. The van der Waals surface area contributed by atoms with E-state index in [9.17, 15) is 5.11 Å². The maximum Gasteiger partial charge on any atom is 0.122 e. The highest BCUT2D eigenvalue weighted by Gasteiger charge is 2.39. The molecule has 5 aromatic rings. The summed E-state index contributed by atoms with van der Waals surface area (Å²) < 4.78 is 3.14. The largest absolute Gasteiger partial charge is 0.392 e. The van der Waals surface area contributed by atoms with Gasteiger partial charge in [0, 0.05) is 10.0 Å².